The van der Waals surface area contributed by atoms with E-state index in [0.717, 1.165) is 0 Å². The molecule has 122 valence electrons. The predicted molar refractivity (Wildman–Crippen MR) is 92.7 cm³/mol. The molecule has 0 radical (unpaired) electrons. The van der Waals surface area contributed by atoms with E-state index in [2.05, 4.69) is 19.2 Å². The van der Waals surface area contributed by atoms with Crippen LogP contribution >= 0.6 is 11.6 Å². The minimum atomic E-state index is -0.221. The summed E-state index contributed by atoms with van der Waals surface area (Å²) in [5.41, 5.74) is 1.13. The number of rotatable bonds is 6. The summed E-state index contributed by atoms with van der Waals surface area (Å²) in [5, 5.41) is 3.25. The topological polar surface area (TPSA) is 47.6 Å². The van der Waals surface area contributed by atoms with Crippen LogP contribution in [0.1, 0.15) is 24.2 Å². The Kier molecular flexibility index (Phi) is 5.88. The normalized spacial score (nSPS) is 10.5. The molecule has 0 aromatic heterocycles. The van der Waals surface area contributed by atoms with E-state index >= 15 is 0 Å². The number of anilines is 1. The quantitative estimate of drug-likeness (QED) is 0.838. The van der Waals surface area contributed by atoms with E-state index in [0.29, 0.717) is 40.3 Å². The van der Waals surface area contributed by atoms with Gasteiger partial charge in [-0.25, -0.2) is 0 Å². The highest BCUT2D eigenvalue weighted by atomic mass is 35.5. The SMILES string of the molecule is COc1ccc(NC(=O)c2cccc(OCC(C)C)c2)cc1Cl. The first-order chi connectivity index (χ1) is 11.0. The largest absolute Gasteiger partial charge is 0.495 e. The first-order valence-electron chi connectivity index (χ1n) is 7.37. The summed E-state index contributed by atoms with van der Waals surface area (Å²) >= 11 is 6.06. The Morgan fingerprint density at radius 3 is 2.65 bits per heavy atom. The van der Waals surface area contributed by atoms with Crippen molar-refractivity contribution in [1.29, 1.82) is 0 Å². The summed E-state index contributed by atoms with van der Waals surface area (Å²) in [7, 11) is 1.54. The fourth-order valence-electron chi connectivity index (χ4n) is 1.94. The summed E-state index contributed by atoms with van der Waals surface area (Å²) in [4.78, 5) is 12.3. The molecular weight excluding hydrogens is 314 g/mol. The van der Waals surface area contributed by atoms with Gasteiger partial charge in [0.05, 0.1) is 18.7 Å². The smallest absolute Gasteiger partial charge is 0.255 e. The Hall–Kier alpha value is -2.20. The summed E-state index contributed by atoms with van der Waals surface area (Å²) in [5.74, 6) is 1.45. The van der Waals surface area contributed by atoms with Crippen molar-refractivity contribution < 1.29 is 14.3 Å². The molecule has 0 unspecified atom stereocenters. The van der Waals surface area contributed by atoms with Gasteiger partial charge in [0.2, 0.25) is 0 Å². The van der Waals surface area contributed by atoms with E-state index in [4.69, 9.17) is 21.1 Å². The van der Waals surface area contributed by atoms with E-state index in [1.165, 1.54) is 0 Å². The number of nitrogens with one attached hydrogen (secondary N) is 1. The lowest BCUT2D eigenvalue weighted by molar-refractivity contribution is 0.102. The number of ether oxygens (including phenoxy) is 2. The maximum absolute atomic E-state index is 12.3. The fourth-order valence-corrected chi connectivity index (χ4v) is 2.20. The van der Waals surface area contributed by atoms with Crippen molar-refractivity contribution in [2.75, 3.05) is 19.0 Å². The molecule has 0 saturated heterocycles. The van der Waals surface area contributed by atoms with Gasteiger partial charge in [-0.2, -0.15) is 0 Å². The van der Waals surface area contributed by atoms with E-state index in [9.17, 15) is 4.79 Å². The third-order valence-electron chi connectivity index (χ3n) is 3.09. The third-order valence-corrected chi connectivity index (χ3v) is 3.38. The van der Waals surface area contributed by atoms with E-state index in [1.54, 1.807) is 43.5 Å². The number of methoxy groups -OCH3 is 1. The van der Waals surface area contributed by atoms with E-state index in [1.807, 2.05) is 6.07 Å². The Balaban J connectivity index is 2.08. The fraction of sp³-hybridized carbons (Fsp3) is 0.278. The highest BCUT2D eigenvalue weighted by molar-refractivity contribution is 6.32. The van der Waals surface area contributed by atoms with Crippen LogP contribution in [-0.4, -0.2) is 19.6 Å². The summed E-state index contributed by atoms with van der Waals surface area (Å²) in [6.45, 7) is 4.76. The molecule has 2 aromatic carbocycles. The minimum Gasteiger partial charge on any atom is -0.495 e. The molecule has 0 atom stereocenters. The number of amides is 1. The van der Waals surface area contributed by atoms with Gasteiger partial charge in [0.15, 0.2) is 0 Å². The lowest BCUT2D eigenvalue weighted by Crippen LogP contribution is -2.12. The molecule has 1 N–H and O–H groups in total. The van der Waals surface area contributed by atoms with Crippen LogP contribution in [0.25, 0.3) is 0 Å². The second-order valence-corrected chi connectivity index (χ2v) is 5.94. The molecule has 0 aliphatic rings. The van der Waals surface area contributed by atoms with Crippen molar-refractivity contribution >= 4 is 23.2 Å². The monoisotopic (exact) mass is 333 g/mol. The molecule has 0 aliphatic carbocycles. The summed E-state index contributed by atoms with van der Waals surface area (Å²) in [6, 6.07) is 12.2. The van der Waals surface area contributed by atoms with E-state index in [-0.39, 0.29) is 5.91 Å². The predicted octanol–water partition coefficient (Wildman–Crippen LogP) is 4.64. The molecule has 0 saturated carbocycles. The summed E-state index contributed by atoms with van der Waals surface area (Å²) < 4.78 is 10.7. The van der Waals surface area contributed by atoms with Gasteiger partial charge < -0.3 is 14.8 Å². The van der Waals surface area contributed by atoms with Gasteiger partial charge in [-0.1, -0.05) is 31.5 Å². The average Bonchev–Trinajstić information content (AvgIpc) is 2.53. The maximum atomic E-state index is 12.3. The second-order valence-electron chi connectivity index (χ2n) is 5.54. The first kappa shape index (κ1) is 17.2. The van der Waals surface area contributed by atoms with Crippen LogP contribution in [0.5, 0.6) is 11.5 Å². The highest BCUT2D eigenvalue weighted by Crippen LogP contribution is 2.27. The molecule has 4 nitrogen and oxygen atoms in total. The number of carbonyl (C=O) groups is 1. The van der Waals surface area contributed by atoms with Crippen molar-refractivity contribution in [1.82, 2.24) is 0 Å². The maximum Gasteiger partial charge on any atom is 0.255 e. The minimum absolute atomic E-state index is 0.221. The molecule has 5 heteroatoms. The molecule has 0 spiro atoms. The molecule has 0 fully saturated rings. The van der Waals surface area contributed by atoms with Gasteiger partial charge in [0, 0.05) is 11.3 Å². The standard InChI is InChI=1S/C18H20ClNO3/c1-12(2)11-23-15-6-4-5-13(9-15)18(21)20-14-7-8-17(22-3)16(19)10-14/h4-10,12H,11H2,1-3H3,(H,20,21). The van der Waals surface area contributed by atoms with Crippen LogP contribution in [-0.2, 0) is 0 Å². The van der Waals surface area contributed by atoms with Crippen LogP contribution in [0, 0.1) is 5.92 Å². The first-order valence-corrected chi connectivity index (χ1v) is 7.75. The zero-order valence-electron chi connectivity index (χ0n) is 13.4. The van der Waals surface area contributed by atoms with Crippen LogP contribution < -0.4 is 14.8 Å². The summed E-state index contributed by atoms with van der Waals surface area (Å²) in [6.07, 6.45) is 0. The van der Waals surface area contributed by atoms with Crippen molar-refractivity contribution in [3.63, 3.8) is 0 Å². The molecule has 0 bridgehead atoms. The molecular formula is C18H20ClNO3. The van der Waals surface area contributed by atoms with Crippen LogP contribution in [0.3, 0.4) is 0 Å². The number of hydrogen-bond donors (Lipinski definition) is 1. The lowest BCUT2D eigenvalue weighted by Gasteiger charge is -2.11. The lowest BCUT2D eigenvalue weighted by atomic mass is 10.2. The number of benzene rings is 2. The van der Waals surface area contributed by atoms with Gasteiger partial charge in [0.25, 0.3) is 5.91 Å². The molecule has 2 rings (SSSR count). The Morgan fingerprint density at radius 2 is 2.00 bits per heavy atom. The Bertz CT molecular complexity index is 686. The Morgan fingerprint density at radius 1 is 1.22 bits per heavy atom. The van der Waals surface area contributed by atoms with Gasteiger partial charge in [-0.15, -0.1) is 0 Å². The van der Waals surface area contributed by atoms with Crippen LogP contribution in [0.15, 0.2) is 42.5 Å². The average molecular weight is 334 g/mol. The van der Waals surface area contributed by atoms with Gasteiger partial charge in [-0.3, -0.25) is 4.79 Å². The molecule has 2 aromatic rings. The van der Waals surface area contributed by atoms with Crippen molar-refractivity contribution in [3.8, 4) is 11.5 Å². The highest BCUT2D eigenvalue weighted by Gasteiger charge is 2.09. The van der Waals surface area contributed by atoms with E-state index < -0.39 is 0 Å². The second kappa shape index (κ2) is 7.88. The zero-order chi connectivity index (χ0) is 16.8. The number of carbonyl (C=O) groups excluding carboxylic acids is 1. The Labute approximate surface area is 141 Å². The molecule has 0 aliphatic heterocycles. The molecule has 23 heavy (non-hydrogen) atoms. The van der Waals surface area contributed by atoms with Crippen LogP contribution in [0.2, 0.25) is 5.02 Å². The van der Waals surface area contributed by atoms with Crippen LogP contribution in [0.4, 0.5) is 5.69 Å². The zero-order valence-corrected chi connectivity index (χ0v) is 14.2. The van der Waals surface area contributed by atoms with Crippen molar-refractivity contribution in [2.24, 2.45) is 5.92 Å². The number of hydrogen-bond acceptors (Lipinski definition) is 3. The molecule has 0 heterocycles. The molecule has 1 amide bonds. The third kappa shape index (κ3) is 4.89. The van der Waals surface area contributed by atoms with Gasteiger partial charge >= 0.3 is 0 Å². The van der Waals surface area contributed by atoms with Crippen molar-refractivity contribution in [3.05, 3.63) is 53.1 Å². The van der Waals surface area contributed by atoms with Gasteiger partial charge in [0.1, 0.15) is 11.5 Å². The van der Waals surface area contributed by atoms with Gasteiger partial charge in [-0.05, 0) is 42.3 Å². The number of halogens is 1. The van der Waals surface area contributed by atoms with Crippen molar-refractivity contribution in [2.45, 2.75) is 13.8 Å².